The van der Waals surface area contributed by atoms with Crippen LogP contribution in [0.2, 0.25) is 0 Å². The third-order valence-corrected chi connectivity index (χ3v) is 9.10. The van der Waals surface area contributed by atoms with Gasteiger partial charge in [0.1, 0.15) is 17.5 Å². The molecule has 0 aliphatic carbocycles. The van der Waals surface area contributed by atoms with Crippen LogP contribution in [0.1, 0.15) is 55.1 Å². The molecule has 0 aromatic heterocycles. The van der Waals surface area contributed by atoms with Gasteiger partial charge in [-0.25, -0.2) is 6.57 Å². The van der Waals surface area contributed by atoms with Crippen LogP contribution in [0.3, 0.4) is 0 Å². The fraction of sp³-hybridized carbons (Fsp3) is 0.361. The second-order valence-corrected chi connectivity index (χ2v) is 12.8. The number of nitrogens with zero attached hydrogens (tertiary/aromatic N) is 3. The molecule has 250 valence electrons. The zero-order valence-corrected chi connectivity index (χ0v) is 27.0. The van der Waals surface area contributed by atoms with E-state index in [1.807, 2.05) is 26.0 Å². The highest BCUT2D eigenvalue weighted by molar-refractivity contribution is 6.07. The Balaban J connectivity index is 1.34. The van der Waals surface area contributed by atoms with Gasteiger partial charge in [-0.1, -0.05) is 62.4 Å². The Bertz CT molecular complexity index is 1790. The molecular formula is C36H36F3N5O4. The van der Waals surface area contributed by atoms with Crippen LogP contribution in [-0.2, 0) is 26.0 Å². The van der Waals surface area contributed by atoms with Crippen LogP contribution < -0.4 is 10.6 Å². The average Bonchev–Trinajstić information content (AvgIpc) is 3.59. The van der Waals surface area contributed by atoms with Crippen molar-refractivity contribution in [1.29, 1.82) is 0 Å². The Morgan fingerprint density at radius 3 is 2.33 bits per heavy atom. The molecule has 1 spiro atoms. The summed E-state index contributed by atoms with van der Waals surface area (Å²) in [6.07, 6.45) is -5.01. The highest BCUT2D eigenvalue weighted by Gasteiger charge is 2.59. The van der Waals surface area contributed by atoms with Gasteiger partial charge in [0.25, 0.3) is 11.8 Å². The predicted octanol–water partition coefficient (Wildman–Crippen LogP) is 5.73. The van der Waals surface area contributed by atoms with Crippen LogP contribution >= 0.6 is 0 Å². The van der Waals surface area contributed by atoms with Crippen LogP contribution in [0.25, 0.3) is 16.0 Å². The van der Waals surface area contributed by atoms with Crippen molar-refractivity contribution in [3.63, 3.8) is 0 Å². The molecule has 2 heterocycles. The minimum absolute atomic E-state index is 0.00856. The Morgan fingerprint density at radius 2 is 1.69 bits per heavy atom. The lowest BCUT2D eigenvalue weighted by molar-refractivity contribution is -0.146. The number of halogens is 3. The SMILES string of the molecule is [C-]#[N+][C@@H]1C[C@@]2(CN1C(=O)[C@H](CC(C)C)N(C)C(=O)[C@H](C)NC(=O)c1ccccc1-c1ccc(C(F)(F)F)cc1)C(=O)Nc1ccccc12. The third-order valence-electron chi connectivity index (χ3n) is 9.10. The summed E-state index contributed by atoms with van der Waals surface area (Å²) in [5.41, 5.74) is 0.427. The van der Waals surface area contributed by atoms with Gasteiger partial charge < -0.3 is 15.5 Å². The Morgan fingerprint density at radius 1 is 1.04 bits per heavy atom. The van der Waals surface area contributed by atoms with Crippen LogP contribution in [-0.4, -0.2) is 65.3 Å². The first-order valence-corrected chi connectivity index (χ1v) is 15.6. The van der Waals surface area contributed by atoms with Crippen LogP contribution in [0.4, 0.5) is 18.9 Å². The normalized spacial score (nSPS) is 19.8. The van der Waals surface area contributed by atoms with E-state index in [1.165, 1.54) is 42.0 Å². The summed E-state index contributed by atoms with van der Waals surface area (Å²) in [6.45, 7) is 13.1. The Kier molecular flexibility index (Phi) is 9.35. The largest absolute Gasteiger partial charge is 0.416 e. The quantitative estimate of drug-likeness (QED) is 0.302. The summed E-state index contributed by atoms with van der Waals surface area (Å²) in [5, 5.41) is 5.56. The zero-order valence-electron chi connectivity index (χ0n) is 27.0. The first-order chi connectivity index (χ1) is 22.7. The molecule has 4 atom stereocenters. The molecule has 2 aliphatic rings. The predicted molar refractivity (Wildman–Crippen MR) is 173 cm³/mol. The van der Waals surface area contributed by atoms with Crippen molar-refractivity contribution in [2.75, 3.05) is 18.9 Å². The number of likely N-dealkylation sites (tertiary alicyclic amines) is 1. The molecular weight excluding hydrogens is 623 g/mol. The van der Waals surface area contributed by atoms with Gasteiger partial charge in [-0.2, -0.15) is 13.2 Å². The number of para-hydroxylation sites is 1. The highest BCUT2D eigenvalue weighted by Crippen LogP contribution is 2.47. The van der Waals surface area contributed by atoms with Crippen LogP contribution in [0.15, 0.2) is 72.8 Å². The van der Waals surface area contributed by atoms with Crippen molar-refractivity contribution >= 4 is 29.3 Å². The van der Waals surface area contributed by atoms with Gasteiger partial charge in [0.2, 0.25) is 11.8 Å². The lowest BCUT2D eigenvalue weighted by Gasteiger charge is -2.33. The van der Waals surface area contributed by atoms with E-state index in [2.05, 4.69) is 15.5 Å². The topological polar surface area (TPSA) is 103 Å². The van der Waals surface area contributed by atoms with Crippen molar-refractivity contribution in [2.24, 2.45) is 5.92 Å². The molecule has 9 nitrogen and oxygen atoms in total. The van der Waals surface area contributed by atoms with Crippen molar-refractivity contribution in [3.8, 4) is 11.1 Å². The van der Waals surface area contributed by atoms with Gasteiger partial charge in [0, 0.05) is 24.8 Å². The maximum atomic E-state index is 14.2. The molecule has 1 fully saturated rings. The van der Waals surface area contributed by atoms with Crippen LogP contribution in [0, 0.1) is 12.5 Å². The van der Waals surface area contributed by atoms with E-state index in [-0.39, 0.29) is 36.8 Å². The van der Waals surface area contributed by atoms with E-state index < -0.39 is 53.1 Å². The Labute approximate surface area is 276 Å². The number of rotatable bonds is 8. The smallest absolute Gasteiger partial charge is 0.341 e. The maximum absolute atomic E-state index is 14.2. The number of nitrogens with one attached hydrogen (secondary N) is 2. The Hall–Kier alpha value is -5.18. The monoisotopic (exact) mass is 659 g/mol. The minimum Gasteiger partial charge on any atom is -0.341 e. The minimum atomic E-state index is -4.50. The number of likely N-dealkylation sites (N-methyl/N-ethyl adjacent to an activating group) is 1. The van der Waals surface area contributed by atoms with E-state index >= 15 is 0 Å². The van der Waals surface area contributed by atoms with Gasteiger partial charge in [-0.05, 0) is 60.2 Å². The molecule has 0 unspecified atom stereocenters. The summed E-state index contributed by atoms with van der Waals surface area (Å²) >= 11 is 0. The molecule has 5 rings (SSSR count). The standard InChI is InChI=1S/C36H36F3N5O4/c1-21(2)18-29(33(47)44-20-35(19-30(44)40-4)27-12-8-9-13-28(27)42-34(35)48)43(5)32(46)22(3)41-31(45)26-11-7-6-10-25(26)23-14-16-24(17-15-23)36(37,38)39/h6-17,21-22,29-30H,18-20H2,1-3,5H3,(H,41,45)(H,42,48)/t22-,29-,30-,35-/m0/s1. The second-order valence-electron chi connectivity index (χ2n) is 12.8. The fourth-order valence-corrected chi connectivity index (χ4v) is 6.59. The molecule has 3 aromatic rings. The molecule has 0 radical (unpaired) electrons. The number of carbonyl (C=O) groups excluding carboxylic acids is 4. The highest BCUT2D eigenvalue weighted by atomic mass is 19.4. The van der Waals surface area contributed by atoms with E-state index in [0.717, 1.165) is 17.7 Å². The van der Waals surface area contributed by atoms with Crippen LogP contribution in [0.5, 0.6) is 0 Å². The lowest BCUT2D eigenvalue weighted by atomic mass is 9.80. The lowest BCUT2D eigenvalue weighted by Crippen LogP contribution is -2.55. The summed E-state index contributed by atoms with van der Waals surface area (Å²) < 4.78 is 39.3. The van der Waals surface area contributed by atoms with Crippen molar-refractivity contribution < 1.29 is 32.3 Å². The van der Waals surface area contributed by atoms with Gasteiger partial charge in [-0.15, -0.1) is 0 Å². The average molecular weight is 660 g/mol. The molecule has 2 aliphatic heterocycles. The molecule has 12 heteroatoms. The van der Waals surface area contributed by atoms with Crippen molar-refractivity contribution in [2.45, 2.75) is 63.5 Å². The number of alkyl halides is 3. The molecule has 0 bridgehead atoms. The number of hydrogen-bond donors (Lipinski definition) is 2. The van der Waals surface area contributed by atoms with E-state index in [1.54, 1.807) is 30.3 Å². The summed E-state index contributed by atoms with van der Waals surface area (Å²) in [7, 11) is 1.47. The molecule has 0 saturated carbocycles. The first-order valence-electron chi connectivity index (χ1n) is 15.6. The van der Waals surface area contributed by atoms with Gasteiger partial charge in [-0.3, -0.25) is 28.9 Å². The van der Waals surface area contributed by atoms with E-state index in [9.17, 15) is 32.3 Å². The molecule has 2 N–H and O–H groups in total. The summed E-state index contributed by atoms with van der Waals surface area (Å²) in [4.78, 5) is 61.0. The van der Waals surface area contributed by atoms with Gasteiger partial charge in [0.15, 0.2) is 0 Å². The summed E-state index contributed by atoms with van der Waals surface area (Å²) in [5.74, 6) is -1.92. The third kappa shape index (κ3) is 6.37. The maximum Gasteiger partial charge on any atom is 0.416 e. The number of hydrogen-bond acceptors (Lipinski definition) is 4. The van der Waals surface area contributed by atoms with Crippen molar-refractivity contribution in [3.05, 3.63) is 101 Å². The number of anilines is 1. The molecule has 4 amide bonds. The molecule has 48 heavy (non-hydrogen) atoms. The van der Waals surface area contributed by atoms with Gasteiger partial charge in [0.05, 0.1) is 12.0 Å². The fourth-order valence-electron chi connectivity index (χ4n) is 6.59. The number of amides is 4. The van der Waals surface area contributed by atoms with E-state index in [4.69, 9.17) is 6.57 Å². The van der Waals surface area contributed by atoms with E-state index in [0.29, 0.717) is 16.8 Å². The van der Waals surface area contributed by atoms with Gasteiger partial charge >= 0.3 is 12.3 Å². The van der Waals surface area contributed by atoms with Crippen molar-refractivity contribution in [1.82, 2.24) is 15.1 Å². The number of benzene rings is 3. The first kappa shape index (κ1) is 34.2. The number of fused-ring (bicyclic) bond motifs is 2. The second kappa shape index (κ2) is 13.1. The summed E-state index contributed by atoms with van der Waals surface area (Å²) in [6, 6.07) is 16.0. The number of carbonyl (C=O) groups is 4. The molecule has 1 saturated heterocycles. The molecule has 3 aromatic carbocycles. The zero-order chi connectivity index (χ0) is 35.0.